The van der Waals surface area contributed by atoms with E-state index in [1.54, 1.807) is 30.3 Å². The van der Waals surface area contributed by atoms with Gasteiger partial charge in [0.05, 0.1) is 0 Å². The Morgan fingerprint density at radius 1 is 1.10 bits per heavy atom. The fourth-order valence-electron chi connectivity index (χ4n) is 2.58. The largest absolute Gasteiger partial charge is 0.508 e. The van der Waals surface area contributed by atoms with Gasteiger partial charge < -0.3 is 5.11 Å². The molecule has 2 nitrogen and oxygen atoms in total. The number of fused-ring (bicyclic) bond motifs is 1. The average Bonchev–Trinajstić information content (AvgIpc) is 2.46. The third-order valence-electron chi connectivity index (χ3n) is 3.55. The highest BCUT2D eigenvalue weighted by Gasteiger charge is 2.32. The molecular weight excluding hydrogens is 279 g/mol. The molecule has 1 aromatic heterocycles. The van der Waals surface area contributed by atoms with E-state index in [-0.39, 0.29) is 5.76 Å². The minimum atomic E-state index is -4.47. The number of hydrogen-bond acceptors (Lipinski definition) is 2. The first kappa shape index (κ1) is 13.7. The number of pyridine rings is 1. The number of allylic oxidation sites excluding steroid dienone is 1. The highest BCUT2D eigenvalue weighted by molar-refractivity contribution is 5.76. The molecule has 5 heteroatoms. The molecule has 0 amide bonds. The smallest absolute Gasteiger partial charge is 0.433 e. The third kappa shape index (κ3) is 2.51. The third-order valence-corrected chi connectivity index (χ3v) is 3.55. The molecule has 3 rings (SSSR count). The average molecular weight is 291 g/mol. The fourth-order valence-corrected chi connectivity index (χ4v) is 2.58. The molecule has 0 saturated heterocycles. The SMILES string of the molecule is OC1=CCCc2c1cccc2-c1ccnc(C(F)(F)F)c1. The van der Waals surface area contributed by atoms with Gasteiger partial charge in [0.2, 0.25) is 0 Å². The van der Waals surface area contributed by atoms with E-state index >= 15 is 0 Å². The zero-order chi connectivity index (χ0) is 15.0. The van der Waals surface area contributed by atoms with Gasteiger partial charge in [0, 0.05) is 11.8 Å². The summed E-state index contributed by atoms with van der Waals surface area (Å²) in [7, 11) is 0. The van der Waals surface area contributed by atoms with E-state index in [1.807, 2.05) is 0 Å². The van der Waals surface area contributed by atoms with Gasteiger partial charge >= 0.3 is 6.18 Å². The lowest BCUT2D eigenvalue weighted by molar-refractivity contribution is -0.141. The molecule has 0 atom stereocenters. The van der Waals surface area contributed by atoms with Crippen LogP contribution in [0.4, 0.5) is 13.2 Å². The summed E-state index contributed by atoms with van der Waals surface area (Å²) in [6.07, 6.45) is -0.213. The summed E-state index contributed by atoms with van der Waals surface area (Å²) in [5.74, 6) is 0.184. The Kier molecular flexibility index (Phi) is 3.20. The molecule has 1 aliphatic rings. The van der Waals surface area contributed by atoms with E-state index in [9.17, 15) is 18.3 Å². The van der Waals surface area contributed by atoms with E-state index in [0.717, 1.165) is 17.8 Å². The zero-order valence-electron chi connectivity index (χ0n) is 11.0. The topological polar surface area (TPSA) is 33.1 Å². The van der Waals surface area contributed by atoms with Crippen LogP contribution in [0.25, 0.3) is 16.9 Å². The number of aromatic nitrogens is 1. The van der Waals surface area contributed by atoms with Crippen molar-refractivity contribution in [3.05, 3.63) is 59.4 Å². The molecule has 0 unspecified atom stereocenters. The summed E-state index contributed by atoms with van der Waals surface area (Å²) < 4.78 is 38.3. The molecule has 0 bridgehead atoms. The van der Waals surface area contributed by atoms with Crippen LogP contribution in [-0.2, 0) is 12.6 Å². The highest BCUT2D eigenvalue weighted by Crippen LogP contribution is 2.35. The predicted molar refractivity (Wildman–Crippen MR) is 73.6 cm³/mol. The first-order valence-corrected chi connectivity index (χ1v) is 6.52. The maximum Gasteiger partial charge on any atom is 0.433 e. The van der Waals surface area contributed by atoms with Gasteiger partial charge in [-0.3, -0.25) is 4.98 Å². The number of aliphatic hydroxyl groups excluding tert-OH is 1. The van der Waals surface area contributed by atoms with Crippen molar-refractivity contribution in [3.63, 3.8) is 0 Å². The monoisotopic (exact) mass is 291 g/mol. The number of benzene rings is 1. The van der Waals surface area contributed by atoms with Crippen LogP contribution in [0.3, 0.4) is 0 Å². The first-order valence-electron chi connectivity index (χ1n) is 6.52. The minimum Gasteiger partial charge on any atom is -0.508 e. The van der Waals surface area contributed by atoms with Gasteiger partial charge in [-0.1, -0.05) is 18.2 Å². The van der Waals surface area contributed by atoms with Crippen molar-refractivity contribution in [2.24, 2.45) is 0 Å². The maximum atomic E-state index is 12.8. The molecule has 1 aliphatic carbocycles. The minimum absolute atomic E-state index is 0.184. The molecule has 1 aromatic carbocycles. The summed E-state index contributed by atoms with van der Waals surface area (Å²) in [4.78, 5) is 3.38. The molecule has 1 N–H and O–H groups in total. The molecule has 2 aromatic rings. The van der Waals surface area contributed by atoms with Gasteiger partial charge in [-0.15, -0.1) is 0 Å². The van der Waals surface area contributed by atoms with Crippen LogP contribution in [0, 0.1) is 0 Å². The lowest BCUT2D eigenvalue weighted by atomic mass is 9.88. The summed E-state index contributed by atoms with van der Waals surface area (Å²) in [5, 5.41) is 9.89. The number of rotatable bonds is 1. The second-order valence-corrected chi connectivity index (χ2v) is 4.89. The Labute approximate surface area is 119 Å². The Bertz CT molecular complexity index is 720. The Hall–Kier alpha value is -2.30. The first-order chi connectivity index (χ1) is 9.97. The summed E-state index contributed by atoms with van der Waals surface area (Å²) in [5.41, 5.74) is 1.82. The number of nitrogens with zero attached hydrogens (tertiary/aromatic N) is 1. The number of hydrogen-bond donors (Lipinski definition) is 1. The zero-order valence-corrected chi connectivity index (χ0v) is 11.0. The van der Waals surface area contributed by atoms with E-state index in [4.69, 9.17) is 0 Å². The standard InChI is InChI=1S/C16H12F3NO/c17-16(18,19)15-9-10(7-8-20-15)11-3-1-5-13-12(11)4-2-6-14(13)21/h1,3,5-9,21H,2,4H2. The number of halogens is 3. The highest BCUT2D eigenvalue weighted by atomic mass is 19.4. The summed E-state index contributed by atoms with van der Waals surface area (Å²) in [6, 6.07) is 7.88. The van der Waals surface area contributed by atoms with E-state index < -0.39 is 11.9 Å². The molecule has 1 heterocycles. The number of alkyl halides is 3. The Balaban J connectivity index is 2.14. The van der Waals surface area contributed by atoms with Gasteiger partial charge in [-0.2, -0.15) is 13.2 Å². The lowest BCUT2D eigenvalue weighted by Crippen LogP contribution is -2.08. The van der Waals surface area contributed by atoms with Crippen LogP contribution >= 0.6 is 0 Å². The van der Waals surface area contributed by atoms with Gasteiger partial charge in [0.15, 0.2) is 0 Å². The van der Waals surface area contributed by atoms with E-state index in [2.05, 4.69) is 4.98 Å². The molecule has 0 saturated carbocycles. The molecule has 21 heavy (non-hydrogen) atoms. The van der Waals surface area contributed by atoms with Crippen molar-refractivity contribution in [2.45, 2.75) is 19.0 Å². The van der Waals surface area contributed by atoms with Crippen LogP contribution in [0.15, 0.2) is 42.6 Å². The maximum absolute atomic E-state index is 12.8. The van der Waals surface area contributed by atoms with Gasteiger partial charge in [0.1, 0.15) is 11.5 Å². The Morgan fingerprint density at radius 3 is 2.62 bits per heavy atom. The van der Waals surface area contributed by atoms with Crippen molar-refractivity contribution in [1.82, 2.24) is 4.98 Å². The second kappa shape index (κ2) is 4.91. The fraction of sp³-hybridized carbons (Fsp3) is 0.188. The lowest BCUT2D eigenvalue weighted by Gasteiger charge is -2.18. The van der Waals surface area contributed by atoms with Crippen LogP contribution in [-0.4, -0.2) is 10.1 Å². The van der Waals surface area contributed by atoms with Gasteiger partial charge in [0.25, 0.3) is 0 Å². The van der Waals surface area contributed by atoms with Crippen LogP contribution in [0.1, 0.15) is 23.2 Å². The van der Waals surface area contributed by atoms with Crippen molar-refractivity contribution < 1.29 is 18.3 Å². The summed E-state index contributed by atoms with van der Waals surface area (Å²) >= 11 is 0. The van der Waals surface area contributed by atoms with Crippen molar-refractivity contribution in [2.75, 3.05) is 0 Å². The molecule has 0 fully saturated rings. The predicted octanol–water partition coefficient (Wildman–Crippen LogP) is 4.61. The molecular formula is C16H12F3NO. The number of aliphatic hydroxyl groups is 1. The van der Waals surface area contributed by atoms with Crippen LogP contribution in [0.2, 0.25) is 0 Å². The molecule has 0 aliphatic heterocycles. The normalized spacial score (nSPS) is 14.5. The van der Waals surface area contributed by atoms with Crippen molar-refractivity contribution in [1.29, 1.82) is 0 Å². The van der Waals surface area contributed by atoms with Gasteiger partial charge in [-0.25, -0.2) is 0 Å². The molecule has 0 radical (unpaired) electrons. The second-order valence-electron chi connectivity index (χ2n) is 4.89. The summed E-state index contributed by atoms with van der Waals surface area (Å²) in [6.45, 7) is 0. The molecule has 108 valence electrons. The van der Waals surface area contributed by atoms with Crippen LogP contribution < -0.4 is 0 Å². The molecule has 0 spiro atoms. The van der Waals surface area contributed by atoms with E-state index in [1.165, 1.54) is 0 Å². The quantitative estimate of drug-likeness (QED) is 0.832. The van der Waals surface area contributed by atoms with Gasteiger partial charge in [-0.05, 0) is 47.7 Å². The van der Waals surface area contributed by atoms with Crippen molar-refractivity contribution in [3.8, 4) is 11.1 Å². The van der Waals surface area contributed by atoms with E-state index in [0.29, 0.717) is 29.5 Å². The Morgan fingerprint density at radius 2 is 1.86 bits per heavy atom. The van der Waals surface area contributed by atoms with Crippen LogP contribution in [0.5, 0.6) is 0 Å². The van der Waals surface area contributed by atoms with Crippen molar-refractivity contribution >= 4 is 5.76 Å².